The average molecular weight is 426 g/mol. The van der Waals surface area contributed by atoms with E-state index in [1.807, 2.05) is 0 Å². The second kappa shape index (κ2) is 6.85. The molecule has 0 aromatic heterocycles. The smallest absolute Gasteiger partial charge is 0.329 e. The second-order valence-corrected chi connectivity index (χ2v) is 6.65. The molecule has 0 unspecified atom stereocenters. The lowest BCUT2D eigenvalue weighted by Crippen LogP contribution is -2.30. The fraction of sp³-hybridized carbons (Fsp3) is 0.0588. The summed E-state index contributed by atoms with van der Waals surface area (Å²) in [4.78, 5) is 25.5. The molecule has 3 amide bonds. The van der Waals surface area contributed by atoms with Gasteiger partial charge in [-0.25, -0.2) is 9.18 Å². The van der Waals surface area contributed by atoms with Gasteiger partial charge in [-0.05, 0) is 35.9 Å². The number of imide groups is 1. The fourth-order valence-electron chi connectivity index (χ4n) is 2.34. The van der Waals surface area contributed by atoms with Gasteiger partial charge in [0.25, 0.3) is 5.91 Å². The van der Waals surface area contributed by atoms with Gasteiger partial charge in [-0.1, -0.05) is 39.7 Å². The van der Waals surface area contributed by atoms with Crippen molar-refractivity contribution in [3.8, 4) is 5.75 Å². The van der Waals surface area contributed by atoms with Crippen LogP contribution in [0.15, 0.2) is 46.6 Å². The number of rotatable bonds is 3. The van der Waals surface area contributed by atoms with Gasteiger partial charge < -0.3 is 10.4 Å². The highest BCUT2D eigenvalue weighted by Gasteiger charge is 2.33. The Balaban J connectivity index is 1.87. The Bertz CT molecular complexity index is 900. The quantitative estimate of drug-likeness (QED) is 0.576. The number of urea groups is 1. The number of benzene rings is 2. The number of nitrogens with zero attached hydrogens (tertiary/aromatic N) is 1. The van der Waals surface area contributed by atoms with E-state index < -0.39 is 17.8 Å². The Labute approximate surface area is 155 Å². The van der Waals surface area contributed by atoms with Crippen molar-refractivity contribution in [1.82, 2.24) is 10.2 Å². The topological polar surface area (TPSA) is 69.6 Å². The number of aromatic hydroxyl groups is 1. The maximum atomic E-state index is 13.0. The van der Waals surface area contributed by atoms with Crippen LogP contribution in [-0.2, 0) is 11.3 Å². The Morgan fingerprint density at radius 3 is 2.60 bits per heavy atom. The molecule has 0 aliphatic carbocycles. The number of phenols is 1. The van der Waals surface area contributed by atoms with Crippen LogP contribution >= 0.6 is 27.5 Å². The molecule has 2 aromatic carbocycles. The van der Waals surface area contributed by atoms with Crippen LogP contribution in [0.2, 0.25) is 5.02 Å². The van der Waals surface area contributed by atoms with E-state index in [2.05, 4.69) is 21.2 Å². The third-order valence-electron chi connectivity index (χ3n) is 3.57. The van der Waals surface area contributed by atoms with Crippen molar-refractivity contribution in [3.63, 3.8) is 0 Å². The number of carbonyl (C=O) groups is 2. The molecule has 8 heteroatoms. The van der Waals surface area contributed by atoms with Crippen LogP contribution in [0.5, 0.6) is 5.75 Å². The largest absolute Gasteiger partial charge is 0.506 e. The summed E-state index contributed by atoms with van der Waals surface area (Å²) in [7, 11) is 0. The summed E-state index contributed by atoms with van der Waals surface area (Å²) < 4.78 is 13.6. The van der Waals surface area contributed by atoms with Crippen molar-refractivity contribution in [3.05, 3.63) is 68.5 Å². The molecule has 5 nitrogen and oxygen atoms in total. The second-order valence-electron chi connectivity index (χ2n) is 5.33. The van der Waals surface area contributed by atoms with E-state index in [0.29, 0.717) is 10.0 Å². The first-order valence-corrected chi connectivity index (χ1v) is 8.29. The van der Waals surface area contributed by atoms with E-state index in [1.165, 1.54) is 36.4 Å². The molecule has 1 heterocycles. The highest BCUT2D eigenvalue weighted by molar-refractivity contribution is 9.10. The summed E-state index contributed by atoms with van der Waals surface area (Å²) in [6, 6.07) is 7.99. The first-order valence-electron chi connectivity index (χ1n) is 7.12. The third kappa shape index (κ3) is 3.67. The first kappa shape index (κ1) is 17.4. The molecule has 0 bridgehead atoms. The zero-order chi connectivity index (χ0) is 18.1. The molecule has 1 aliphatic rings. The molecule has 0 atom stereocenters. The molecule has 1 fully saturated rings. The number of nitrogens with one attached hydrogen (secondary N) is 1. The van der Waals surface area contributed by atoms with Crippen LogP contribution in [0.4, 0.5) is 9.18 Å². The van der Waals surface area contributed by atoms with Crippen LogP contribution in [0.1, 0.15) is 11.1 Å². The average Bonchev–Trinajstić information content (AvgIpc) is 2.81. The summed E-state index contributed by atoms with van der Waals surface area (Å²) in [6.45, 7) is 0.00745. The lowest BCUT2D eigenvalue weighted by molar-refractivity contribution is -0.123. The van der Waals surface area contributed by atoms with E-state index in [4.69, 9.17) is 11.6 Å². The minimum atomic E-state index is -0.596. The molecule has 1 aliphatic heterocycles. The molecule has 128 valence electrons. The number of amides is 3. The third-order valence-corrected chi connectivity index (χ3v) is 4.32. The Kier molecular flexibility index (Phi) is 4.78. The van der Waals surface area contributed by atoms with Crippen LogP contribution in [-0.4, -0.2) is 21.9 Å². The van der Waals surface area contributed by atoms with Gasteiger partial charge in [-0.2, -0.15) is 0 Å². The molecule has 2 aromatic rings. The van der Waals surface area contributed by atoms with Crippen molar-refractivity contribution < 1.29 is 19.1 Å². The van der Waals surface area contributed by atoms with Crippen molar-refractivity contribution in [2.45, 2.75) is 6.54 Å². The summed E-state index contributed by atoms with van der Waals surface area (Å²) >= 11 is 9.14. The molecular weight excluding hydrogens is 415 g/mol. The Morgan fingerprint density at radius 1 is 1.24 bits per heavy atom. The fourth-order valence-corrected chi connectivity index (χ4v) is 3.17. The zero-order valence-corrected chi connectivity index (χ0v) is 14.9. The van der Waals surface area contributed by atoms with E-state index in [1.54, 1.807) is 6.07 Å². The number of carbonyl (C=O) groups excluding carboxylic acids is 2. The molecular formula is C17H11BrClFN2O3. The van der Waals surface area contributed by atoms with Gasteiger partial charge in [-0.15, -0.1) is 0 Å². The number of phenolic OH excluding ortho intramolecular Hbond substituents is 1. The van der Waals surface area contributed by atoms with Crippen LogP contribution in [0, 0.1) is 5.82 Å². The number of halogens is 3. The first-order chi connectivity index (χ1) is 11.8. The zero-order valence-electron chi connectivity index (χ0n) is 12.6. The van der Waals surface area contributed by atoms with Gasteiger partial charge >= 0.3 is 6.03 Å². The SMILES string of the molecule is O=C1N/C(=C\c2cc(Br)cc(Cl)c2O)C(=O)N1Cc1ccc(F)cc1. The highest BCUT2D eigenvalue weighted by atomic mass is 79.9. The maximum Gasteiger partial charge on any atom is 0.329 e. The van der Waals surface area contributed by atoms with Gasteiger partial charge in [0.2, 0.25) is 0 Å². The molecule has 0 spiro atoms. The summed E-state index contributed by atoms with van der Waals surface area (Å²) in [5, 5.41) is 12.6. The minimum absolute atomic E-state index is 0.00745. The Morgan fingerprint density at radius 2 is 1.92 bits per heavy atom. The molecule has 25 heavy (non-hydrogen) atoms. The van der Waals surface area contributed by atoms with Gasteiger partial charge in [0.15, 0.2) is 0 Å². The maximum absolute atomic E-state index is 13.0. The van der Waals surface area contributed by atoms with Crippen LogP contribution in [0.3, 0.4) is 0 Å². The predicted molar refractivity (Wildman–Crippen MR) is 94.3 cm³/mol. The van der Waals surface area contributed by atoms with E-state index >= 15 is 0 Å². The van der Waals surface area contributed by atoms with Gasteiger partial charge in [0.05, 0.1) is 11.6 Å². The number of hydrogen-bond acceptors (Lipinski definition) is 3. The summed E-state index contributed by atoms with van der Waals surface area (Å²) in [5.74, 6) is -1.15. The van der Waals surface area contributed by atoms with Crippen molar-refractivity contribution in [2.75, 3.05) is 0 Å². The van der Waals surface area contributed by atoms with E-state index in [0.717, 1.165) is 4.90 Å². The molecule has 3 rings (SSSR count). The molecule has 0 radical (unpaired) electrons. The standard InChI is InChI=1S/C17H11BrClFN2O3/c18-11-5-10(15(23)13(19)7-11)6-14-16(24)22(17(25)21-14)8-9-1-3-12(20)4-2-9/h1-7,23H,8H2,(H,21,25)/b14-6-. The lowest BCUT2D eigenvalue weighted by atomic mass is 10.1. The van der Waals surface area contributed by atoms with Crippen molar-refractivity contribution >= 4 is 45.5 Å². The minimum Gasteiger partial charge on any atom is -0.506 e. The normalized spacial score (nSPS) is 15.8. The van der Waals surface area contributed by atoms with E-state index in [9.17, 15) is 19.1 Å². The van der Waals surface area contributed by atoms with Gasteiger partial charge in [-0.3, -0.25) is 9.69 Å². The van der Waals surface area contributed by atoms with Crippen LogP contribution in [0.25, 0.3) is 6.08 Å². The van der Waals surface area contributed by atoms with Gasteiger partial charge in [0.1, 0.15) is 17.3 Å². The predicted octanol–water partition coefficient (Wildman–Crippen LogP) is 4.04. The molecule has 2 N–H and O–H groups in total. The molecule has 0 saturated carbocycles. The van der Waals surface area contributed by atoms with Crippen molar-refractivity contribution in [1.29, 1.82) is 0 Å². The van der Waals surface area contributed by atoms with Crippen LogP contribution < -0.4 is 5.32 Å². The highest BCUT2D eigenvalue weighted by Crippen LogP contribution is 2.33. The lowest BCUT2D eigenvalue weighted by Gasteiger charge is -2.11. The van der Waals surface area contributed by atoms with E-state index in [-0.39, 0.29) is 28.6 Å². The number of hydrogen-bond donors (Lipinski definition) is 2. The monoisotopic (exact) mass is 424 g/mol. The van der Waals surface area contributed by atoms with Gasteiger partial charge in [0, 0.05) is 10.0 Å². The summed E-state index contributed by atoms with van der Waals surface area (Å²) in [5.41, 5.74) is 0.905. The molecule has 1 saturated heterocycles. The summed E-state index contributed by atoms with van der Waals surface area (Å²) in [6.07, 6.45) is 1.34. The Hall–Kier alpha value is -2.38. The van der Waals surface area contributed by atoms with Crippen molar-refractivity contribution in [2.24, 2.45) is 0 Å².